The van der Waals surface area contributed by atoms with Crippen LogP contribution in [0.4, 0.5) is 5.69 Å². The molecule has 0 aromatic heterocycles. The van der Waals surface area contributed by atoms with Gasteiger partial charge in [0.25, 0.3) is 0 Å². The summed E-state index contributed by atoms with van der Waals surface area (Å²) in [6.45, 7) is 4.26. The molecule has 19 heavy (non-hydrogen) atoms. The maximum atomic E-state index is 12.6. The molecule has 0 unspecified atom stereocenters. The third-order valence-electron chi connectivity index (χ3n) is 3.08. The Balaban J connectivity index is 2.61. The van der Waals surface area contributed by atoms with E-state index in [1.54, 1.807) is 6.07 Å². The topological polar surface area (TPSA) is 40.6 Å². The van der Waals surface area contributed by atoms with Gasteiger partial charge in [0, 0.05) is 25.0 Å². The molecule has 1 aliphatic heterocycles. The van der Waals surface area contributed by atoms with Crippen molar-refractivity contribution in [3.8, 4) is 0 Å². The van der Waals surface area contributed by atoms with Gasteiger partial charge in [-0.05, 0) is 25.5 Å². The first-order chi connectivity index (χ1) is 8.89. The lowest BCUT2D eigenvalue weighted by Crippen LogP contribution is -2.50. The molecular weight excluding hydrogens is 307 g/mol. The molecule has 1 aromatic rings. The summed E-state index contributed by atoms with van der Waals surface area (Å²) in [6, 6.07) is 5.31. The first-order valence-electron chi connectivity index (χ1n) is 6.02. The second-order valence-corrected chi connectivity index (χ2v) is 7.25. The van der Waals surface area contributed by atoms with Gasteiger partial charge < -0.3 is 0 Å². The molecule has 0 saturated carbocycles. The maximum absolute atomic E-state index is 12.6. The highest BCUT2D eigenvalue weighted by Gasteiger charge is 2.38. The molecule has 2 rings (SSSR count). The van der Waals surface area contributed by atoms with Crippen molar-refractivity contribution in [3.63, 3.8) is 0 Å². The SMILES string of the molecule is CC(C)N1Cc2cccc(Cl)c2N(CCCl)S1(=O)=O. The van der Waals surface area contributed by atoms with Crippen LogP contribution in [0.3, 0.4) is 0 Å². The van der Waals surface area contributed by atoms with Gasteiger partial charge in [0.15, 0.2) is 0 Å². The van der Waals surface area contributed by atoms with Crippen LogP contribution in [0.15, 0.2) is 18.2 Å². The van der Waals surface area contributed by atoms with E-state index >= 15 is 0 Å². The van der Waals surface area contributed by atoms with E-state index in [1.807, 2.05) is 26.0 Å². The van der Waals surface area contributed by atoms with Crippen LogP contribution in [-0.4, -0.2) is 31.2 Å². The average Bonchev–Trinajstić information content (AvgIpc) is 2.32. The molecule has 1 aromatic carbocycles. The Bertz CT molecular complexity index is 575. The minimum Gasteiger partial charge on any atom is -0.255 e. The monoisotopic (exact) mass is 322 g/mol. The van der Waals surface area contributed by atoms with E-state index in [0.29, 0.717) is 17.3 Å². The van der Waals surface area contributed by atoms with E-state index < -0.39 is 10.2 Å². The van der Waals surface area contributed by atoms with Crippen molar-refractivity contribution in [3.05, 3.63) is 28.8 Å². The lowest BCUT2D eigenvalue weighted by Gasteiger charge is -2.39. The summed E-state index contributed by atoms with van der Waals surface area (Å²) in [5.74, 6) is 0.218. The standard InChI is InChI=1S/C12H16Cl2N2O2S/c1-9(2)16-8-10-4-3-5-11(14)12(10)15(7-6-13)19(16,17)18/h3-5,9H,6-8H2,1-2H3. The number of para-hydroxylation sites is 1. The summed E-state index contributed by atoms with van der Waals surface area (Å²) in [4.78, 5) is 0. The second-order valence-electron chi connectivity index (χ2n) is 4.66. The Morgan fingerprint density at radius 2 is 2.05 bits per heavy atom. The van der Waals surface area contributed by atoms with E-state index in [9.17, 15) is 8.42 Å². The number of anilines is 1. The molecule has 1 heterocycles. The molecular formula is C12H16Cl2N2O2S. The van der Waals surface area contributed by atoms with Crippen molar-refractivity contribution in [2.45, 2.75) is 26.4 Å². The molecule has 7 heteroatoms. The predicted molar refractivity (Wildman–Crippen MR) is 79.1 cm³/mol. The van der Waals surface area contributed by atoms with Crippen molar-refractivity contribution in [1.29, 1.82) is 0 Å². The van der Waals surface area contributed by atoms with Crippen molar-refractivity contribution < 1.29 is 8.42 Å². The van der Waals surface area contributed by atoms with Gasteiger partial charge >= 0.3 is 10.2 Å². The first kappa shape index (κ1) is 14.9. The number of rotatable bonds is 3. The Morgan fingerprint density at radius 1 is 1.37 bits per heavy atom. The molecule has 0 amide bonds. The first-order valence-corrected chi connectivity index (χ1v) is 8.33. The summed E-state index contributed by atoms with van der Waals surface area (Å²) in [7, 11) is -3.56. The number of benzene rings is 1. The summed E-state index contributed by atoms with van der Waals surface area (Å²) in [5, 5.41) is 0.439. The van der Waals surface area contributed by atoms with Crippen LogP contribution in [0.2, 0.25) is 5.02 Å². The maximum Gasteiger partial charge on any atom is 0.304 e. The highest BCUT2D eigenvalue weighted by atomic mass is 35.5. The van der Waals surface area contributed by atoms with Gasteiger partial charge in [-0.25, -0.2) is 0 Å². The third-order valence-corrected chi connectivity index (χ3v) is 5.62. The molecule has 106 valence electrons. The summed E-state index contributed by atoms with van der Waals surface area (Å²) >= 11 is 11.9. The van der Waals surface area contributed by atoms with Crippen LogP contribution in [0.5, 0.6) is 0 Å². The zero-order chi connectivity index (χ0) is 14.2. The van der Waals surface area contributed by atoms with Crippen molar-refractivity contribution >= 4 is 39.1 Å². The van der Waals surface area contributed by atoms with Gasteiger partial charge in [-0.1, -0.05) is 23.7 Å². The highest BCUT2D eigenvalue weighted by molar-refractivity contribution is 7.90. The molecule has 0 radical (unpaired) electrons. The van der Waals surface area contributed by atoms with Crippen LogP contribution in [0, 0.1) is 0 Å². The smallest absolute Gasteiger partial charge is 0.255 e. The van der Waals surface area contributed by atoms with Gasteiger partial charge in [0.1, 0.15) is 0 Å². The average molecular weight is 323 g/mol. The Kier molecular flexibility index (Phi) is 4.30. The van der Waals surface area contributed by atoms with Gasteiger partial charge in [0.05, 0.1) is 10.7 Å². The largest absolute Gasteiger partial charge is 0.304 e. The van der Waals surface area contributed by atoms with Gasteiger partial charge in [-0.2, -0.15) is 12.7 Å². The Labute approximate surface area is 124 Å². The Hall–Kier alpha value is -0.490. The molecule has 0 spiro atoms. The van der Waals surface area contributed by atoms with Crippen molar-refractivity contribution in [1.82, 2.24) is 4.31 Å². The van der Waals surface area contributed by atoms with Crippen LogP contribution in [0.25, 0.3) is 0 Å². The number of fused-ring (bicyclic) bond motifs is 1. The summed E-state index contributed by atoms with van der Waals surface area (Å²) < 4.78 is 28.0. The van der Waals surface area contributed by atoms with E-state index in [2.05, 4.69) is 0 Å². The number of hydrogen-bond acceptors (Lipinski definition) is 2. The summed E-state index contributed by atoms with van der Waals surface area (Å²) in [5.41, 5.74) is 1.46. The zero-order valence-corrected chi connectivity index (χ0v) is 13.1. The number of alkyl halides is 1. The van der Waals surface area contributed by atoms with Gasteiger partial charge in [-0.3, -0.25) is 4.31 Å². The van der Waals surface area contributed by atoms with Crippen LogP contribution >= 0.6 is 23.2 Å². The fourth-order valence-electron chi connectivity index (χ4n) is 2.21. The lowest BCUT2D eigenvalue weighted by molar-refractivity contribution is 0.341. The third kappa shape index (κ3) is 2.57. The summed E-state index contributed by atoms with van der Waals surface area (Å²) in [6.07, 6.45) is 0. The molecule has 4 nitrogen and oxygen atoms in total. The second kappa shape index (κ2) is 5.48. The number of hydrogen-bond donors (Lipinski definition) is 0. The predicted octanol–water partition coefficient (Wildman–Crippen LogP) is 2.85. The van der Waals surface area contributed by atoms with E-state index in [4.69, 9.17) is 23.2 Å². The molecule has 0 fully saturated rings. The van der Waals surface area contributed by atoms with Crippen molar-refractivity contribution in [2.75, 3.05) is 16.7 Å². The Morgan fingerprint density at radius 3 is 2.63 bits per heavy atom. The normalized spacial score (nSPS) is 18.7. The molecule has 0 aliphatic carbocycles. The minimum absolute atomic E-state index is 0.116. The van der Waals surface area contributed by atoms with Crippen LogP contribution in [-0.2, 0) is 16.8 Å². The van der Waals surface area contributed by atoms with Gasteiger partial charge in [-0.15, -0.1) is 11.6 Å². The quantitative estimate of drug-likeness (QED) is 0.803. The van der Waals surface area contributed by atoms with Crippen LogP contribution < -0.4 is 4.31 Å². The molecule has 0 bridgehead atoms. The fraction of sp³-hybridized carbons (Fsp3) is 0.500. The zero-order valence-electron chi connectivity index (χ0n) is 10.8. The van der Waals surface area contributed by atoms with E-state index in [0.717, 1.165) is 5.56 Å². The van der Waals surface area contributed by atoms with Crippen LogP contribution in [0.1, 0.15) is 19.4 Å². The van der Waals surface area contributed by atoms with Crippen molar-refractivity contribution in [2.24, 2.45) is 0 Å². The molecule has 0 N–H and O–H groups in total. The number of halogens is 2. The molecule has 0 saturated heterocycles. The molecule has 0 atom stereocenters. The molecule has 1 aliphatic rings. The number of nitrogens with zero attached hydrogens (tertiary/aromatic N) is 2. The highest BCUT2D eigenvalue weighted by Crippen LogP contribution is 2.38. The lowest BCUT2D eigenvalue weighted by atomic mass is 10.1. The minimum atomic E-state index is -3.56. The van der Waals surface area contributed by atoms with E-state index in [-0.39, 0.29) is 18.5 Å². The van der Waals surface area contributed by atoms with Gasteiger partial charge in [0.2, 0.25) is 0 Å². The van der Waals surface area contributed by atoms with E-state index in [1.165, 1.54) is 8.61 Å². The fourth-order valence-corrected chi connectivity index (χ4v) is 4.68.